The van der Waals surface area contributed by atoms with Crippen molar-refractivity contribution in [2.45, 2.75) is 19.4 Å². The summed E-state index contributed by atoms with van der Waals surface area (Å²) in [5.74, 6) is 0.578. The van der Waals surface area contributed by atoms with E-state index in [0.29, 0.717) is 18.3 Å². The fourth-order valence-electron chi connectivity index (χ4n) is 2.31. The van der Waals surface area contributed by atoms with Crippen LogP contribution in [0.3, 0.4) is 0 Å². The number of hydrogen-bond acceptors (Lipinski definition) is 6. The fraction of sp³-hybridized carbons (Fsp3) is 0.385. The van der Waals surface area contributed by atoms with Crippen LogP contribution in [0.2, 0.25) is 0 Å². The summed E-state index contributed by atoms with van der Waals surface area (Å²) in [6.07, 6.45) is 5.16. The second kappa shape index (κ2) is 5.36. The molecule has 1 unspecified atom stereocenters. The van der Waals surface area contributed by atoms with E-state index in [2.05, 4.69) is 25.3 Å². The number of hydrogen-bond donors (Lipinski definition) is 1. The van der Waals surface area contributed by atoms with Crippen LogP contribution in [-0.4, -0.2) is 39.1 Å². The van der Waals surface area contributed by atoms with Crippen molar-refractivity contribution in [2.75, 3.05) is 23.3 Å². The predicted octanol–water partition coefficient (Wildman–Crippen LogP) is 1.40. The zero-order valence-electron chi connectivity index (χ0n) is 11.1. The van der Waals surface area contributed by atoms with Gasteiger partial charge in [-0.1, -0.05) is 0 Å². The Morgan fingerprint density at radius 3 is 3.10 bits per heavy atom. The number of rotatable bonds is 3. The molecule has 104 valence electrons. The Morgan fingerprint density at radius 1 is 1.40 bits per heavy atom. The first-order valence-electron chi connectivity index (χ1n) is 6.49. The Bertz CT molecular complexity index is 605. The summed E-state index contributed by atoms with van der Waals surface area (Å²) in [6, 6.07) is 2.04. The van der Waals surface area contributed by atoms with Gasteiger partial charge in [0.25, 0.3) is 0 Å². The highest BCUT2D eigenvalue weighted by atomic mass is 19.1. The van der Waals surface area contributed by atoms with Gasteiger partial charge in [-0.05, 0) is 19.4 Å². The number of nitrogens with one attached hydrogen (secondary N) is 1. The monoisotopic (exact) mass is 274 g/mol. The quantitative estimate of drug-likeness (QED) is 0.912. The van der Waals surface area contributed by atoms with Gasteiger partial charge >= 0.3 is 0 Å². The molecule has 2 aromatic heterocycles. The van der Waals surface area contributed by atoms with Crippen LogP contribution in [0.5, 0.6) is 0 Å². The van der Waals surface area contributed by atoms with Gasteiger partial charge in [-0.15, -0.1) is 0 Å². The van der Waals surface area contributed by atoms with Gasteiger partial charge < -0.3 is 10.2 Å². The Kier molecular flexibility index (Phi) is 3.41. The van der Waals surface area contributed by atoms with E-state index in [1.54, 1.807) is 6.20 Å². The lowest BCUT2D eigenvalue weighted by molar-refractivity contribution is 0.607. The molecular weight excluding hydrogens is 259 g/mol. The zero-order chi connectivity index (χ0) is 13.9. The van der Waals surface area contributed by atoms with Gasteiger partial charge in [0.2, 0.25) is 5.95 Å². The third-order valence-electron chi connectivity index (χ3n) is 3.26. The van der Waals surface area contributed by atoms with Crippen molar-refractivity contribution < 1.29 is 4.39 Å². The summed E-state index contributed by atoms with van der Waals surface area (Å²) in [7, 11) is 0. The average molecular weight is 274 g/mol. The average Bonchev–Trinajstić information content (AvgIpc) is 2.87. The van der Waals surface area contributed by atoms with Crippen LogP contribution in [0.25, 0.3) is 0 Å². The SMILES string of the molecule is Cc1ccnc(NC2CCN(c3ncncc3F)C2)n1. The standard InChI is InChI=1S/C13H15FN6/c1-9-2-4-16-13(18-9)19-10-3-5-20(7-10)12-11(14)6-15-8-17-12/h2,4,6,8,10H,3,5,7H2,1H3,(H,16,18,19). The fourth-order valence-corrected chi connectivity index (χ4v) is 2.31. The number of aromatic nitrogens is 4. The highest BCUT2D eigenvalue weighted by Gasteiger charge is 2.25. The molecule has 1 aliphatic heterocycles. The van der Waals surface area contributed by atoms with E-state index in [1.165, 1.54) is 12.5 Å². The minimum Gasteiger partial charge on any atom is -0.352 e. The van der Waals surface area contributed by atoms with Gasteiger partial charge in [-0.3, -0.25) is 0 Å². The summed E-state index contributed by atoms with van der Waals surface area (Å²) < 4.78 is 13.6. The maximum absolute atomic E-state index is 13.6. The Balaban J connectivity index is 1.67. The molecule has 1 fully saturated rings. The smallest absolute Gasteiger partial charge is 0.223 e. The molecule has 0 amide bonds. The van der Waals surface area contributed by atoms with E-state index in [4.69, 9.17) is 0 Å². The van der Waals surface area contributed by atoms with E-state index in [-0.39, 0.29) is 11.9 Å². The predicted molar refractivity (Wildman–Crippen MR) is 73.0 cm³/mol. The highest BCUT2D eigenvalue weighted by molar-refractivity contribution is 5.41. The van der Waals surface area contributed by atoms with Crippen molar-refractivity contribution in [3.63, 3.8) is 0 Å². The highest BCUT2D eigenvalue weighted by Crippen LogP contribution is 2.21. The molecule has 20 heavy (non-hydrogen) atoms. The normalized spacial score (nSPS) is 18.3. The van der Waals surface area contributed by atoms with Crippen molar-refractivity contribution in [2.24, 2.45) is 0 Å². The third-order valence-corrected chi connectivity index (χ3v) is 3.26. The van der Waals surface area contributed by atoms with E-state index in [1.807, 2.05) is 17.9 Å². The van der Waals surface area contributed by atoms with Crippen LogP contribution in [0.4, 0.5) is 16.2 Å². The second-order valence-corrected chi connectivity index (χ2v) is 4.79. The molecule has 0 saturated carbocycles. The molecule has 0 aliphatic carbocycles. The van der Waals surface area contributed by atoms with Crippen molar-refractivity contribution in [3.05, 3.63) is 36.3 Å². The summed E-state index contributed by atoms with van der Waals surface area (Å²) in [5, 5.41) is 3.27. The zero-order valence-corrected chi connectivity index (χ0v) is 11.1. The second-order valence-electron chi connectivity index (χ2n) is 4.79. The van der Waals surface area contributed by atoms with Crippen molar-refractivity contribution in [1.82, 2.24) is 19.9 Å². The largest absolute Gasteiger partial charge is 0.352 e. The Morgan fingerprint density at radius 2 is 2.30 bits per heavy atom. The maximum Gasteiger partial charge on any atom is 0.223 e. The van der Waals surface area contributed by atoms with Gasteiger partial charge in [0.05, 0.1) is 6.20 Å². The molecule has 2 aromatic rings. The van der Waals surface area contributed by atoms with Crippen molar-refractivity contribution >= 4 is 11.8 Å². The first-order chi connectivity index (χ1) is 9.72. The van der Waals surface area contributed by atoms with Crippen LogP contribution < -0.4 is 10.2 Å². The Labute approximate surface area is 116 Å². The van der Waals surface area contributed by atoms with Gasteiger partial charge in [0.1, 0.15) is 6.33 Å². The van der Waals surface area contributed by atoms with Crippen LogP contribution in [0.1, 0.15) is 12.1 Å². The minimum atomic E-state index is -0.389. The summed E-state index contributed by atoms with van der Waals surface area (Å²) in [5.41, 5.74) is 0.916. The molecule has 6 nitrogen and oxygen atoms in total. The lowest BCUT2D eigenvalue weighted by Crippen LogP contribution is -2.28. The molecule has 0 spiro atoms. The topological polar surface area (TPSA) is 66.8 Å². The number of halogens is 1. The molecule has 0 radical (unpaired) electrons. The van der Waals surface area contributed by atoms with E-state index in [9.17, 15) is 4.39 Å². The molecular formula is C13H15FN6. The van der Waals surface area contributed by atoms with Gasteiger partial charge in [0.15, 0.2) is 11.6 Å². The molecule has 1 saturated heterocycles. The number of aryl methyl sites for hydroxylation is 1. The lowest BCUT2D eigenvalue weighted by atomic mass is 10.3. The molecule has 0 bridgehead atoms. The summed E-state index contributed by atoms with van der Waals surface area (Å²) in [6.45, 7) is 3.34. The van der Waals surface area contributed by atoms with Gasteiger partial charge in [0, 0.05) is 31.0 Å². The van der Waals surface area contributed by atoms with Gasteiger partial charge in [-0.25, -0.2) is 24.3 Å². The van der Waals surface area contributed by atoms with Crippen LogP contribution in [-0.2, 0) is 0 Å². The molecule has 1 aliphatic rings. The van der Waals surface area contributed by atoms with E-state index < -0.39 is 0 Å². The van der Waals surface area contributed by atoms with Crippen molar-refractivity contribution in [1.29, 1.82) is 0 Å². The van der Waals surface area contributed by atoms with Crippen LogP contribution >= 0.6 is 0 Å². The van der Waals surface area contributed by atoms with Crippen molar-refractivity contribution in [3.8, 4) is 0 Å². The van der Waals surface area contributed by atoms with E-state index in [0.717, 1.165) is 18.7 Å². The minimum absolute atomic E-state index is 0.186. The van der Waals surface area contributed by atoms with Gasteiger partial charge in [-0.2, -0.15) is 0 Å². The molecule has 1 atom stereocenters. The number of nitrogens with zero attached hydrogens (tertiary/aromatic N) is 5. The Hall–Kier alpha value is -2.31. The molecule has 3 rings (SSSR count). The third kappa shape index (κ3) is 2.66. The van der Waals surface area contributed by atoms with E-state index >= 15 is 0 Å². The first-order valence-corrected chi connectivity index (χ1v) is 6.49. The molecule has 0 aromatic carbocycles. The molecule has 1 N–H and O–H groups in total. The van der Waals surface area contributed by atoms with Crippen LogP contribution in [0.15, 0.2) is 24.8 Å². The molecule has 3 heterocycles. The summed E-state index contributed by atoms with van der Waals surface area (Å²) >= 11 is 0. The molecule has 7 heteroatoms. The summed E-state index contributed by atoms with van der Waals surface area (Å²) in [4.78, 5) is 18.1. The lowest BCUT2D eigenvalue weighted by Gasteiger charge is -2.18. The first kappa shape index (κ1) is 12.7. The maximum atomic E-state index is 13.6. The van der Waals surface area contributed by atoms with Crippen LogP contribution in [0, 0.1) is 12.7 Å². The number of anilines is 2.